The molecule has 21 heavy (non-hydrogen) atoms. The van der Waals surface area contributed by atoms with Crippen molar-refractivity contribution in [1.29, 1.82) is 0 Å². The van der Waals surface area contributed by atoms with Crippen molar-refractivity contribution in [3.63, 3.8) is 0 Å². The lowest BCUT2D eigenvalue weighted by atomic mass is 10.1. The van der Waals surface area contributed by atoms with Crippen molar-refractivity contribution in [3.05, 3.63) is 33.3 Å². The molecule has 0 atom stereocenters. The number of likely N-dealkylation sites (tertiary alicyclic amines) is 1. The van der Waals surface area contributed by atoms with Crippen LogP contribution in [-0.2, 0) is 4.79 Å². The van der Waals surface area contributed by atoms with E-state index in [-0.39, 0.29) is 22.3 Å². The summed E-state index contributed by atoms with van der Waals surface area (Å²) in [7, 11) is 0. The number of para-hydroxylation sites is 1. The maximum Gasteiger partial charge on any atom is 0.293 e. The predicted molar refractivity (Wildman–Crippen MR) is 81.6 cm³/mol. The molecular weight excluding hydrogens is 294 g/mol. The molecule has 0 radical (unpaired) electrons. The van der Waals surface area contributed by atoms with Gasteiger partial charge >= 0.3 is 0 Å². The van der Waals surface area contributed by atoms with Gasteiger partial charge in [-0.3, -0.25) is 14.9 Å². The maximum absolute atomic E-state index is 12.0. The van der Waals surface area contributed by atoms with E-state index in [9.17, 15) is 14.9 Å². The van der Waals surface area contributed by atoms with Crippen LogP contribution in [0, 0.1) is 10.1 Å². The number of nitrogens with one attached hydrogen (secondary N) is 1. The molecule has 0 saturated carbocycles. The first kappa shape index (κ1) is 15.6. The minimum Gasteiger partial charge on any atom is -0.378 e. The van der Waals surface area contributed by atoms with Crippen molar-refractivity contribution in [3.8, 4) is 0 Å². The number of rotatable bonds is 5. The molecule has 114 valence electrons. The van der Waals surface area contributed by atoms with E-state index < -0.39 is 4.92 Å². The Kier molecular flexibility index (Phi) is 5.38. The number of piperidine rings is 1. The van der Waals surface area contributed by atoms with Gasteiger partial charge in [0.1, 0.15) is 5.69 Å². The van der Waals surface area contributed by atoms with E-state index in [1.165, 1.54) is 18.6 Å². The van der Waals surface area contributed by atoms with E-state index in [0.717, 1.165) is 25.9 Å². The molecule has 0 bridgehead atoms. The molecule has 1 N–H and O–H groups in total. The summed E-state index contributed by atoms with van der Waals surface area (Å²) in [6.45, 7) is 1.95. The number of carbonyl (C=O) groups excluding carboxylic acids is 1. The smallest absolute Gasteiger partial charge is 0.293 e. The molecule has 1 aromatic rings. The van der Waals surface area contributed by atoms with Gasteiger partial charge in [-0.25, -0.2) is 0 Å². The van der Waals surface area contributed by atoms with E-state index in [1.54, 1.807) is 6.07 Å². The lowest BCUT2D eigenvalue weighted by Crippen LogP contribution is -2.36. The molecule has 1 aliphatic rings. The summed E-state index contributed by atoms with van der Waals surface area (Å²) >= 11 is 5.98. The van der Waals surface area contributed by atoms with Gasteiger partial charge in [-0.2, -0.15) is 0 Å². The highest BCUT2D eigenvalue weighted by molar-refractivity contribution is 6.33. The van der Waals surface area contributed by atoms with E-state index in [0.29, 0.717) is 13.0 Å². The third-order valence-electron chi connectivity index (χ3n) is 3.54. The number of benzene rings is 1. The number of halogens is 1. The number of hydrogen-bond donors (Lipinski definition) is 1. The lowest BCUT2D eigenvalue weighted by Gasteiger charge is -2.26. The number of amides is 1. The zero-order chi connectivity index (χ0) is 15.2. The van der Waals surface area contributed by atoms with Gasteiger partial charge < -0.3 is 10.2 Å². The highest BCUT2D eigenvalue weighted by Crippen LogP contribution is 2.31. The molecule has 1 fully saturated rings. The van der Waals surface area contributed by atoms with Crippen molar-refractivity contribution in [2.24, 2.45) is 0 Å². The van der Waals surface area contributed by atoms with Crippen LogP contribution in [0.1, 0.15) is 25.7 Å². The molecule has 1 aromatic carbocycles. The van der Waals surface area contributed by atoms with Crippen molar-refractivity contribution in [2.45, 2.75) is 25.7 Å². The van der Waals surface area contributed by atoms with E-state index in [2.05, 4.69) is 5.32 Å². The van der Waals surface area contributed by atoms with Crippen molar-refractivity contribution >= 4 is 28.9 Å². The molecule has 1 aliphatic heterocycles. The van der Waals surface area contributed by atoms with E-state index in [4.69, 9.17) is 11.6 Å². The Labute approximate surface area is 128 Å². The Hall–Kier alpha value is -1.82. The molecule has 1 heterocycles. The van der Waals surface area contributed by atoms with Crippen LogP contribution in [0.5, 0.6) is 0 Å². The number of carbonyl (C=O) groups is 1. The number of nitro benzene ring substituents is 1. The number of hydrogen-bond acceptors (Lipinski definition) is 4. The third kappa shape index (κ3) is 4.07. The maximum atomic E-state index is 12.0. The molecule has 6 nitrogen and oxygen atoms in total. The molecule has 2 rings (SSSR count). The largest absolute Gasteiger partial charge is 0.378 e. The minimum atomic E-state index is -0.485. The first-order chi connectivity index (χ1) is 10.1. The Morgan fingerprint density at radius 2 is 2.05 bits per heavy atom. The van der Waals surface area contributed by atoms with E-state index >= 15 is 0 Å². The summed E-state index contributed by atoms with van der Waals surface area (Å²) in [5, 5.41) is 14.1. The summed E-state index contributed by atoms with van der Waals surface area (Å²) in [5.41, 5.74) is 0.198. The number of anilines is 1. The standard InChI is InChI=1S/C14H18ClN3O3/c15-11-5-4-6-12(18(20)21)14(11)16-8-7-13(19)17-9-2-1-3-10-17/h4-6,16H,1-3,7-10H2. The second-order valence-corrected chi connectivity index (χ2v) is 5.42. The molecule has 7 heteroatoms. The highest BCUT2D eigenvalue weighted by Gasteiger charge is 2.18. The SMILES string of the molecule is O=C(CCNc1c(Cl)cccc1[N+](=O)[O-])N1CCCCC1. The monoisotopic (exact) mass is 311 g/mol. The predicted octanol–water partition coefficient (Wildman–Crippen LogP) is 3.06. The first-order valence-corrected chi connectivity index (χ1v) is 7.42. The zero-order valence-electron chi connectivity index (χ0n) is 11.7. The number of nitrogens with zero attached hydrogens (tertiary/aromatic N) is 2. The summed E-state index contributed by atoms with van der Waals surface area (Å²) in [6.07, 6.45) is 3.58. The van der Waals surface area contributed by atoms with Crippen LogP contribution < -0.4 is 5.32 Å². The Bertz CT molecular complexity index is 530. The topological polar surface area (TPSA) is 75.5 Å². The van der Waals surface area contributed by atoms with Gasteiger partial charge in [0.05, 0.1) is 9.95 Å². The fraction of sp³-hybridized carbons (Fsp3) is 0.500. The average Bonchev–Trinajstić information content (AvgIpc) is 2.49. The molecule has 0 spiro atoms. The Balaban J connectivity index is 1.91. The summed E-state index contributed by atoms with van der Waals surface area (Å²) < 4.78 is 0. The normalized spacial score (nSPS) is 14.8. The van der Waals surface area contributed by atoms with Crippen LogP contribution in [0.2, 0.25) is 5.02 Å². The third-order valence-corrected chi connectivity index (χ3v) is 3.85. The summed E-state index contributed by atoms with van der Waals surface area (Å²) in [6, 6.07) is 4.51. The minimum absolute atomic E-state index is 0.0760. The summed E-state index contributed by atoms with van der Waals surface area (Å²) in [5.74, 6) is 0.0805. The molecule has 0 unspecified atom stereocenters. The van der Waals surface area contributed by atoms with Crippen LogP contribution in [0.4, 0.5) is 11.4 Å². The second-order valence-electron chi connectivity index (χ2n) is 5.01. The van der Waals surface area contributed by atoms with Gasteiger partial charge in [0.2, 0.25) is 5.91 Å². The van der Waals surface area contributed by atoms with Crippen LogP contribution in [0.3, 0.4) is 0 Å². The Morgan fingerprint density at radius 1 is 1.33 bits per heavy atom. The quantitative estimate of drug-likeness (QED) is 0.670. The highest BCUT2D eigenvalue weighted by atomic mass is 35.5. The van der Waals surface area contributed by atoms with Crippen molar-refractivity contribution < 1.29 is 9.72 Å². The van der Waals surface area contributed by atoms with Crippen LogP contribution >= 0.6 is 11.6 Å². The van der Waals surface area contributed by atoms with Gasteiger partial charge in [0.15, 0.2) is 0 Å². The van der Waals surface area contributed by atoms with Crippen LogP contribution in [-0.4, -0.2) is 35.4 Å². The number of nitro groups is 1. The Morgan fingerprint density at radius 3 is 2.71 bits per heavy atom. The fourth-order valence-corrected chi connectivity index (χ4v) is 2.67. The molecule has 0 aromatic heterocycles. The first-order valence-electron chi connectivity index (χ1n) is 7.04. The van der Waals surface area contributed by atoms with E-state index in [1.807, 2.05) is 4.90 Å². The lowest BCUT2D eigenvalue weighted by molar-refractivity contribution is -0.383. The van der Waals surface area contributed by atoms with Crippen LogP contribution in [0.15, 0.2) is 18.2 Å². The van der Waals surface area contributed by atoms with Crippen molar-refractivity contribution in [2.75, 3.05) is 25.0 Å². The van der Waals surface area contributed by atoms with Gasteiger partial charge in [0, 0.05) is 32.1 Å². The molecule has 1 saturated heterocycles. The van der Waals surface area contributed by atoms with Crippen LogP contribution in [0.25, 0.3) is 0 Å². The van der Waals surface area contributed by atoms with Gasteiger partial charge in [-0.1, -0.05) is 17.7 Å². The molecule has 0 aliphatic carbocycles. The average molecular weight is 312 g/mol. The van der Waals surface area contributed by atoms with Gasteiger partial charge in [-0.05, 0) is 25.3 Å². The molecular formula is C14H18ClN3O3. The van der Waals surface area contributed by atoms with Crippen molar-refractivity contribution in [1.82, 2.24) is 4.90 Å². The molecule has 1 amide bonds. The second kappa shape index (κ2) is 7.26. The van der Waals surface area contributed by atoms with Gasteiger partial charge in [0.25, 0.3) is 5.69 Å². The van der Waals surface area contributed by atoms with Gasteiger partial charge in [-0.15, -0.1) is 0 Å². The summed E-state index contributed by atoms with van der Waals surface area (Å²) in [4.78, 5) is 24.3. The zero-order valence-corrected chi connectivity index (χ0v) is 12.4. The fourth-order valence-electron chi connectivity index (χ4n) is 2.44.